The van der Waals surface area contributed by atoms with Crippen molar-refractivity contribution in [3.05, 3.63) is 105 Å². The fourth-order valence-corrected chi connectivity index (χ4v) is 22.4. The van der Waals surface area contributed by atoms with E-state index < -0.39 is 16.1 Å². The van der Waals surface area contributed by atoms with Crippen LogP contribution in [0.1, 0.15) is 236 Å². The summed E-state index contributed by atoms with van der Waals surface area (Å²) in [5.41, 5.74) is 21.0. The molecule has 12 aliphatic carbocycles. The topological polar surface area (TPSA) is 0 Å². The van der Waals surface area contributed by atoms with E-state index in [2.05, 4.69) is 128 Å². The third-order valence-electron chi connectivity index (χ3n) is 23.7. The molecule has 4 fully saturated rings. The lowest BCUT2D eigenvalue weighted by molar-refractivity contribution is 0.342. The third kappa shape index (κ3) is 5.71. The van der Waals surface area contributed by atoms with Crippen LogP contribution in [0.3, 0.4) is 0 Å². The molecule has 0 heterocycles. The molecule has 0 atom stereocenters. The van der Waals surface area contributed by atoms with E-state index in [1.165, 1.54) is 124 Å². The van der Waals surface area contributed by atoms with Gasteiger partial charge in [0.05, 0.1) is 16.1 Å². The molecular weight excluding hydrogens is 873 g/mol. The van der Waals surface area contributed by atoms with Gasteiger partial charge in [-0.2, -0.15) is 0 Å². The van der Waals surface area contributed by atoms with Crippen LogP contribution in [-0.2, 0) is 0 Å². The van der Waals surface area contributed by atoms with Gasteiger partial charge in [-0.25, -0.2) is 0 Å². The summed E-state index contributed by atoms with van der Waals surface area (Å²) in [4.78, 5) is 0. The normalized spacial score (nSPS) is 27.8. The van der Waals surface area contributed by atoms with Gasteiger partial charge in [-0.1, -0.05) is 115 Å². The number of hydrogen-bond acceptors (Lipinski definition) is 0. The first kappa shape index (κ1) is 43.8. The summed E-state index contributed by atoms with van der Waals surface area (Å²) >= 11 is 0. The Bertz CT molecular complexity index is 3060. The predicted octanol–water partition coefficient (Wildman–Crippen LogP) is 19.5. The minimum absolute atomic E-state index is 0.221. The smallest absolute Gasteiger partial charge is 0.0650 e. The lowest BCUT2D eigenvalue weighted by Crippen LogP contribution is -2.49. The average molecular weight is 954 g/mol. The van der Waals surface area contributed by atoms with Crippen LogP contribution in [0.25, 0.3) is 65.3 Å². The Balaban J connectivity index is 1.10. The average Bonchev–Trinajstić information content (AvgIpc) is 3.36. The number of benzene rings is 7. The van der Waals surface area contributed by atoms with Crippen LogP contribution in [0.15, 0.2) is 60.7 Å². The van der Waals surface area contributed by atoms with Crippen molar-refractivity contribution in [3.8, 4) is 22.3 Å². The van der Waals surface area contributed by atoms with Gasteiger partial charge >= 0.3 is 0 Å². The molecule has 360 valence electrons. The first-order valence-electron chi connectivity index (χ1n) is 29.1. The van der Waals surface area contributed by atoms with Crippen LogP contribution in [0.4, 0.5) is 0 Å². The molecule has 12 aliphatic rings. The molecule has 0 aliphatic heterocycles. The number of fused-ring (bicyclic) bond motifs is 10. The lowest BCUT2D eigenvalue weighted by Gasteiger charge is -2.46. The second-order valence-corrected chi connectivity index (χ2v) is 39.3. The highest BCUT2D eigenvalue weighted by molar-refractivity contribution is 6.94. The van der Waals surface area contributed by atoms with Gasteiger partial charge in [-0.3, -0.25) is 0 Å². The van der Waals surface area contributed by atoms with Crippen molar-refractivity contribution < 1.29 is 0 Å². The predicted molar refractivity (Wildman–Crippen MR) is 308 cm³/mol. The first-order chi connectivity index (χ1) is 33.5. The van der Waals surface area contributed by atoms with Crippen molar-refractivity contribution in [2.45, 2.75) is 228 Å². The Labute approximate surface area is 422 Å². The van der Waals surface area contributed by atoms with Crippen LogP contribution in [0.2, 0.25) is 36.3 Å². The Kier molecular flexibility index (Phi) is 9.09. The Morgan fingerprint density at radius 2 is 0.571 bits per heavy atom. The van der Waals surface area contributed by atoms with Crippen molar-refractivity contribution in [1.82, 2.24) is 0 Å². The molecule has 19 rings (SSSR count). The minimum atomic E-state index is -2.00. The second kappa shape index (κ2) is 14.5. The van der Waals surface area contributed by atoms with E-state index in [1.807, 2.05) is 22.3 Å². The van der Waals surface area contributed by atoms with E-state index in [0.717, 1.165) is 23.7 Å². The Morgan fingerprint density at radius 3 is 0.843 bits per heavy atom. The van der Waals surface area contributed by atoms with Crippen molar-refractivity contribution in [1.29, 1.82) is 0 Å². The van der Waals surface area contributed by atoms with Gasteiger partial charge in [0, 0.05) is 0 Å². The summed E-state index contributed by atoms with van der Waals surface area (Å²) in [6.45, 7) is 26.1. The van der Waals surface area contributed by atoms with E-state index in [9.17, 15) is 0 Å². The maximum atomic E-state index is 2.84. The van der Waals surface area contributed by atoms with E-state index in [4.69, 9.17) is 0 Å². The molecule has 7 aromatic rings. The molecular formula is C68H80Si2. The first-order valence-corrected chi connectivity index (χ1v) is 35.1. The van der Waals surface area contributed by atoms with E-state index >= 15 is 0 Å². The Morgan fingerprint density at radius 1 is 0.314 bits per heavy atom. The van der Waals surface area contributed by atoms with Crippen LogP contribution in [0.5, 0.6) is 0 Å². The summed E-state index contributed by atoms with van der Waals surface area (Å²) in [6.07, 6.45) is 22.3. The summed E-state index contributed by atoms with van der Waals surface area (Å²) < 4.78 is 0. The molecule has 0 nitrogen and oxygen atoms in total. The summed E-state index contributed by atoms with van der Waals surface area (Å²) in [6, 6.07) is 27.7. The van der Waals surface area contributed by atoms with Crippen LogP contribution >= 0.6 is 0 Å². The number of rotatable bonds is 4. The fourth-order valence-electron chi connectivity index (χ4n) is 18.0. The number of hydrogen-bond donors (Lipinski definition) is 0. The van der Waals surface area contributed by atoms with E-state index in [1.54, 1.807) is 76.4 Å². The highest BCUT2D eigenvalue weighted by atomic mass is 28.3. The molecule has 0 N–H and O–H groups in total. The molecule has 2 heteroatoms. The quantitative estimate of drug-likeness (QED) is 0.0937. The maximum absolute atomic E-state index is 2.84. The largest absolute Gasteiger partial charge is 0.0867 e. The third-order valence-corrected chi connectivity index (χ3v) is 34.8. The standard InChI is InChI=1S/C68H80Si2/c1-67(2,3)69(7,8)57-29-27-47-54-32-46(64-61-43-23-15-39(16-24-43)51(61)36-52-40-17-25-44(26-18-40)62(52)64)34-56-58(70(9,10)68(4,5)6)30-28-48(66(54)56)53-31-45(33-55(57)65(47)53)63-59-41-19-11-37(12-20-41)49(59)35-50-38-13-21-42(22-14-38)60(50)63/h27-44H,11-26H2,1-10H3. The fraction of sp³-hybridized carbons (Fsp3) is 0.529. The molecule has 0 saturated heterocycles. The molecule has 0 spiro atoms. The van der Waals surface area contributed by atoms with Crippen LogP contribution in [0, 0.1) is 0 Å². The van der Waals surface area contributed by atoms with Gasteiger partial charge in [0.15, 0.2) is 0 Å². The van der Waals surface area contributed by atoms with Crippen molar-refractivity contribution in [3.63, 3.8) is 0 Å². The van der Waals surface area contributed by atoms with Crippen molar-refractivity contribution in [2.24, 2.45) is 0 Å². The molecule has 7 aromatic carbocycles. The molecule has 0 radical (unpaired) electrons. The molecule has 4 saturated carbocycles. The van der Waals surface area contributed by atoms with E-state index in [-0.39, 0.29) is 10.1 Å². The van der Waals surface area contributed by atoms with Crippen molar-refractivity contribution >= 4 is 69.6 Å². The van der Waals surface area contributed by atoms with Crippen LogP contribution in [-0.4, -0.2) is 16.1 Å². The van der Waals surface area contributed by atoms with Gasteiger partial charge in [0.1, 0.15) is 0 Å². The lowest BCUT2D eigenvalue weighted by atomic mass is 9.58. The summed E-state index contributed by atoms with van der Waals surface area (Å²) in [5, 5.41) is 16.2. The molecule has 70 heavy (non-hydrogen) atoms. The van der Waals surface area contributed by atoms with E-state index in [0.29, 0.717) is 23.7 Å². The monoisotopic (exact) mass is 953 g/mol. The van der Waals surface area contributed by atoms with Crippen molar-refractivity contribution in [2.75, 3.05) is 0 Å². The maximum Gasteiger partial charge on any atom is 0.0867 e. The highest BCUT2D eigenvalue weighted by Gasteiger charge is 2.46. The molecule has 8 bridgehead atoms. The summed E-state index contributed by atoms with van der Waals surface area (Å²) in [5.74, 6) is 5.89. The minimum Gasteiger partial charge on any atom is -0.0650 e. The zero-order valence-electron chi connectivity index (χ0n) is 44.7. The van der Waals surface area contributed by atoms with Crippen LogP contribution < -0.4 is 10.4 Å². The van der Waals surface area contributed by atoms with Gasteiger partial charge in [-0.15, -0.1) is 0 Å². The van der Waals surface area contributed by atoms with Gasteiger partial charge < -0.3 is 0 Å². The highest BCUT2D eigenvalue weighted by Crippen LogP contribution is 2.63. The zero-order valence-corrected chi connectivity index (χ0v) is 46.7. The zero-order chi connectivity index (χ0) is 47.7. The van der Waals surface area contributed by atoms with Gasteiger partial charge in [0.2, 0.25) is 0 Å². The van der Waals surface area contributed by atoms with Gasteiger partial charge in [-0.05, 0) is 294 Å². The second-order valence-electron chi connectivity index (χ2n) is 28.7. The summed E-state index contributed by atoms with van der Waals surface area (Å²) in [7, 11) is -4.01. The molecule has 0 unspecified atom stereocenters. The Hall–Kier alpha value is -3.73. The molecule has 0 amide bonds. The van der Waals surface area contributed by atoms with Gasteiger partial charge in [0.25, 0.3) is 0 Å². The molecule has 0 aromatic heterocycles. The SMILES string of the molecule is CC(C)(C)[Si](C)(C)c1ccc2c3cc(-c4c5c(cc6c4C4CCC6CC4)C4CCC5CC4)cc4c([Si](C)(C)C(C)(C)C)ccc(c5cc(-c6c7c(cc8c6C6CCC8CC6)C6CCC7CC6)cc1c25)c43.